The molecule has 0 aliphatic rings. The molecule has 0 aromatic carbocycles. The number of nitrogens with two attached hydrogens (primary N) is 1. The molecule has 8 heavy (non-hydrogen) atoms. The molecule has 50 valence electrons. The monoisotopic (exact) mass is 124 g/mol. The molecule has 0 bridgehead atoms. The van der Waals surface area contributed by atoms with Gasteiger partial charge in [0.25, 0.3) is 5.92 Å². The Bertz CT molecular complexity index is 65.1. The van der Waals surface area contributed by atoms with Gasteiger partial charge in [0.05, 0.1) is 13.1 Å². The van der Waals surface area contributed by atoms with Gasteiger partial charge < -0.3 is 11.1 Å². The molecule has 0 unspecified atom stereocenters. The summed E-state index contributed by atoms with van der Waals surface area (Å²) in [4.78, 5) is 0. The molecule has 0 atom stereocenters. The number of hydrogen-bond acceptors (Lipinski definition) is 2. The van der Waals surface area contributed by atoms with Crippen molar-refractivity contribution in [3.63, 3.8) is 0 Å². The Hall–Kier alpha value is -0.220. The van der Waals surface area contributed by atoms with Gasteiger partial charge in [0.2, 0.25) is 0 Å². The van der Waals surface area contributed by atoms with E-state index in [1.807, 2.05) is 0 Å². The third-order valence-electron chi connectivity index (χ3n) is 0.734. The average molecular weight is 124 g/mol. The lowest BCUT2D eigenvalue weighted by Gasteiger charge is -2.11. The maximum Gasteiger partial charge on any atom is 0.272 e. The van der Waals surface area contributed by atoms with Gasteiger partial charge in [-0.3, -0.25) is 0 Å². The molecular formula is C4H10F2N2. The van der Waals surface area contributed by atoms with Gasteiger partial charge in [-0.2, -0.15) is 0 Å². The van der Waals surface area contributed by atoms with E-state index in [4.69, 9.17) is 5.73 Å². The highest BCUT2D eigenvalue weighted by Gasteiger charge is 2.24. The highest BCUT2D eigenvalue weighted by atomic mass is 19.3. The summed E-state index contributed by atoms with van der Waals surface area (Å²) in [5, 5.41) is 2.33. The van der Waals surface area contributed by atoms with Crippen molar-refractivity contribution in [1.82, 2.24) is 5.32 Å². The maximum atomic E-state index is 12.0. The topological polar surface area (TPSA) is 38.0 Å². The first-order valence-corrected chi connectivity index (χ1v) is 2.35. The lowest BCUT2D eigenvalue weighted by Crippen LogP contribution is -2.37. The third-order valence-corrected chi connectivity index (χ3v) is 0.734. The molecule has 0 saturated heterocycles. The quantitative estimate of drug-likeness (QED) is 0.546. The summed E-state index contributed by atoms with van der Waals surface area (Å²) in [6.45, 7) is -0.933. The fraction of sp³-hybridized carbons (Fsp3) is 1.00. The van der Waals surface area contributed by atoms with Crippen LogP contribution in [0.15, 0.2) is 0 Å². The Balaban J connectivity index is 3.37. The average Bonchev–Trinajstić information content (AvgIpc) is 1.67. The molecule has 4 heteroatoms. The van der Waals surface area contributed by atoms with E-state index < -0.39 is 12.5 Å². The number of hydrogen-bond donors (Lipinski definition) is 2. The van der Waals surface area contributed by atoms with Crippen molar-refractivity contribution >= 4 is 0 Å². The Kier molecular flexibility index (Phi) is 2.86. The highest BCUT2D eigenvalue weighted by molar-refractivity contribution is 4.67. The van der Waals surface area contributed by atoms with Gasteiger partial charge in [-0.25, -0.2) is 8.78 Å². The van der Waals surface area contributed by atoms with Crippen molar-refractivity contribution < 1.29 is 8.78 Å². The minimum absolute atomic E-state index is 0.344. The van der Waals surface area contributed by atoms with Gasteiger partial charge in [0, 0.05) is 0 Å². The Morgan fingerprint density at radius 3 is 2.25 bits per heavy atom. The van der Waals surface area contributed by atoms with E-state index in [9.17, 15) is 8.78 Å². The Morgan fingerprint density at radius 2 is 2.12 bits per heavy atom. The van der Waals surface area contributed by atoms with Crippen molar-refractivity contribution in [3.05, 3.63) is 0 Å². The van der Waals surface area contributed by atoms with Crippen LogP contribution in [0.5, 0.6) is 0 Å². The van der Waals surface area contributed by atoms with Crippen LogP contribution in [0.2, 0.25) is 0 Å². The number of alkyl halides is 2. The molecule has 0 heterocycles. The van der Waals surface area contributed by atoms with Crippen LogP contribution in [-0.2, 0) is 0 Å². The zero-order valence-electron chi connectivity index (χ0n) is 4.75. The van der Waals surface area contributed by atoms with Crippen molar-refractivity contribution in [2.75, 3.05) is 20.1 Å². The van der Waals surface area contributed by atoms with E-state index >= 15 is 0 Å². The van der Waals surface area contributed by atoms with Crippen LogP contribution in [0, 0.1) is 0 Å². The van der Waals surface area contributed by atoms with Crippen molar-refractivity contribution in [3.8, 4) is 0 Å². The van der Waals surface area contributed by atoms with E-state index in [2.05, 4.69) is 5.32 Å². The molecule has 0 aromatic heterocycles. The van der Waals surface area contributed by atoms with Crippen LogP contribution in [0.25, 0.3) is 0 Å². The van der Waals surface area contributed by atoms with Crippen LogP contribution in [0.1, 0.15) is 0 Å². The Morgan fingerprint density at radius 1 is 1.62 bits per heavy atom. The molecule has 0 amide bonds. The minimum Gasteiger partial charge on any atom is -0.325 e. The first-order chi connectivity index (χ1) is 3.62. The summed E-state index contributed by atoms with van der Waals surface area (Å²) in [6, 6.07) is 0. The van der Waals surface area contributed by atoms with Gasteiger partial charge in [-0.1, -0.05) is 0 Å². The standard InChI is InChI=1S/C4H10F2N2/c1-8-3-4(5,6)2-7/h8H,2-3,7H2,1H3. The molecule has 0 spiro atoms. The summed E-state index contributed by atoms with van der Waals surface area (Å²) in [5.41, 5.74) is 4.70. The summed E-state index contributed by atoms with van der Waals surface area (Å²) >= 11 is 0. The third kappa shape index (κ3) is 2.87. The summed E-state index contributed by atoms with van der Waals surface area (Å²) in [6.07, 6.45) is 0. The zero-order chi connectivity index (χ0) is 6.62. The highest BCUT2D eigenvalue weighted by Crippen LogP contribution is 2.07. The number of halogens is 2. The molecule has 0 radical (unpaired) electrons. The van der Waals surface area contributed by atoms with Gasteiger partial charge >= 0.3 is 0 Å². The first-order valence-electron chi connectivity index (χ1n) is 2.35. The van der Waals surface area contributed by atoms with Gasteiger partial charge in [0.15, 0.2) is 0 Å². The van der Waals surface area contributed by atoms with Crippen LogP contribution >= 0.6 is 0 Å². The van der Waals surface area contributed by atoms with E-state index in [0.717, 1.165) is 0 Å². The smallest absolute Gasteiger partial charge is 0.272 e. The van der Waals surface area contributed by atoms with Crippen LogP contribution in [0.3, 0.4) is 0 Å². The molecule has 0 rings (SSSR count). The van der Waals surface area contributed by atoms with E-state index in [1.54, 1.807) is 0 Å². The lowest BCUT2D eigenvalue weighted by molar-refractivity contribution is 0.0137. The SMILES string of the molecule is CNCC(F)(F)CN. The van der Waals surface area contributed by atoms with Crippen LogP contribution in [-0.4, -0.2) is 26.1 Å². The second-order valence-corrected chi connectivity index (χ2v) is 1.59. The second kappa shape index (κ2) is 2.94. The summed E-state index contributed by atoms with van der Waals surface area (Å²) in [5.74, 6) is -2.74. The van der Waals surface area contributed by atoms with Gasteiger partial charge in [-0.05, 0) is 7.05 Å². The van der Waals surface area contributed by atoms with E-state index in [-0.39, 0.29) is 6.54 Å². The van der Waals surface area contributed by atoms with Crippen LogP contribution in [0.4, 0.5) is 8.78 Å². The van der Waals surface area contributed by atoms with Gasteiger partial charge in [0.1, 0.15) is 0 Å². The molecule has 3 N–H and O–H groups in total. The Labute approximate surface area is 47.1 Å². The van der Waals surface area contributed by atoms with E-state index in [0.29, 0.717) is 0 Å². The number of nitrogens with one attached hydrogen (secondary N) is 1. The van der Waals surface area contributed by atoms with Gasteiger partial charge in [-0.15, -0.1) is 0 Å². The molecular weight excluding hydrogens is 114 g/mol. The summed E-state index contributed by atoms with van der Waals surface area (Å²) < 4.78 is 23.9. The molecule has 0 saturated carbocycles. The summed E-state index contributed by atoms with van der Waals surface area (Å²) in [7, 11) is 1.46. The molecule has 2 nitrogen and oxygen atoms in total. The fourth-order valence-electron chi connectivity index (χ4n) is 0.331. The predicted molar refractivity (Wildman–Crippen MR) is 27.9 cm³/mol. The zero-order valence-corrected chi connectivity index (χ0v) is 4.75. The predicted octanol–water partition coefficient (Wildman–Crippen LogP) is -0.200. The van der Waals surface area contributed by atoms with Crippen LogP contribution < -0.4 is 11.1 Å². The van der Waals surface area contributed by atoms with E-state index in [1.165, 1.54) is 7.05 Å². The fourth-order valence-corrected chi connectivity index (χ4v) is 0.331. The molecule has 0 aliphatic heterocycles. The first kappa shape index (κ1) is 7.78. The maximum absolute atomic E-state index is 12.0. The second-order valence-electron chi connectivity index (χ2n) is 1.59. The largest absolute Gasteiger partial charge is 0.325 e. The molecule has 0 fully saturated rings. The van der Waals surface area contributed by atoms with Crippen molar-refractivity contribution in [2.45, 2.75) is 5.92 Å². The lowest BCUT2D eigenvalue weighted by atomic mass is 10.3. The normalized spacial score (nSPS) is 12.0. The molecule has 0 aromatic rings. The van der Waals surface area contributed by atoms with Crippen molar-refractivity contribution in [2.24, 2.45) is 5.73 Å². The van der Waals surface area contributed by atoms with Crippen molar-refractivity contribution in [1.29, 1.82) is 0 Å². The minimum atomic E-state index is -2.74. The molecule has 0 aliphatic carbocycles. The number of rotatable bonds is 3.